The van der Waals surface area contributed by atoms with Gasteiger partial charge in [-0.25, -0.2) is 4.98 Å². The van der Waals surface area contributed by atoms with Crippen molar-refractivity contribution >= 4 is 17.2 Å². The first-order valence-corrected chi connectivity index (χ1v) is 7.00. The molecule has 3 nitrogen and oxygen atoms in total. The largest absolute Gasteiger partial charge is 0.487 e. The Hall–Kier alpha value is -2.00. The maximum atomic E-state index is 5.95. The van der Waals surface area contributed by atoms with Crippen LogP contribution in [0.4, 0.5) is 0 Å². The number of aromatic nitrogens is 2. The van der Waals surface area contributed by atoms with E-state index in [-0.39, 0.29) is 0 Å². The van der Waals surface area contributed by atoms with Crippen molar-refractivity contribution < 1.29 is 4.74 Å². The van der Waals surface area contributed by atoms with Gasteiger partial charge in [-0.2, -0.15) is 0 Å². The molecule has 0 amide bonds. The molecule has 102 valence electrons. The van der Waals surface area contributed by atoms with E-state index < -0.39 is 0 Å². The van der Waals surface area contributed by atoms with Crippen molar-refractivity contribution in [1.29, 1.82) is 0 Å². The van der Waals surface area contributed by atoms with Crippen LogP contribution in [-0.2, 0) is 12.5 Å². The Kier molecular flexibility index (Phi) is 3.61. The van der Waals surface area contributed by atoms with Crippen molar-refractivity contribution in [3.05, 3.63) is 65.6 Å². The molecule has 0 aliphatic carbocycles. The SMILES string of the molecule is Cc1ccc(OCc2cn3ccccc3n2)c(CCl)c1. The molecule has 0 spiro atoms. The van der Waals surface area contributed by atoms with Crippen molar-refractivity contribution in [2.45, 2.75) is 19.4 Å². The molecule has 0 radical (unpaired) electrons. The van der Waals surface area contributed by atoms with Crippen LogP contribution < -0.4 is 4.74 Å². The number of halogens is 1. The first-order valence-electron chi connectivity index (χ1n) is 6.47. The minimum absolute atomic E-state index is 0.439. The summed E-state index contributed by atoms with van der Waals surface area (Å²) in [5.41, 5.74) is 4.01. The molecule has 3 aromatic rings. The summed E-state index contributed by atoms with van der Waals surface area (Å²) in [7, 11) is 0. The lowest BCUT2D eigenvalue weighted by atomic mass is 10.1. The van der Waals surface area contributed by atoms with Crippen LogP contribution in [0, 0.1) is 6.92 Å². The van der Waals surface area contributed by atoms with Crippen LogP contribution in [0.5, 0.6) is 5.75 Å². The Bertz CT molecular complexity index is 703. The Morgan fingerprint density at radius 3 is 2.95 bits per heavy atom. The molecule has 0 atom stereocenters. The van der Waals surface area contributed by atoms with Crippen molar-refractivity contribution in [2.24, 2.45) is 0 Å². The second kappa shape index (κ2) is 5.55. The number of alkyl halides is 1. The number of rotatable bonds is 4. The molecule has 20 heavy (non-hydrogen) atoms. The van der Waals surface area contributed by atoms with Gasteiger partial charge in [0.1, 0.15) is 18.0 Å². The molecular formula is C16H15ClN2O. The number of imidazole rings is 1. The summed E-state index contributed by atoms with van der Waals surface area (Å²) < 4.78 is 7.82. The van der Waals surface area contributed by atoms with E-state index in [1.165, 1.54) is 5.56 Å². The molecule has 2 aromatic heterocycles. The zero-order valence-corrected chi connectivity index (χ0v) is 12.0. The van der Waals surface area contributed by atoms with Crippen LogP contribution in [-0.4, -0.2) is 9.38 Å². The van der Waals surface area contributed by atoms with E-state index >= 15 is 0 Å². The predicted molar refractivity (Wildman–Crippen MR) is 80.3 cm³/mol. The number of fused-ring (bicyclic) bond motifs is 1. The number of benzene rings is 1. The molecule has 0 aliphatic rings. The van der Waals surface area contributed by atoms with Gasteiger partial charge in [0, 0.05) is 18.0 Å². The van der Waals surface area contributed by atoms with E-state index in [0.29, 0.717) is 12.5 Å². The molecular weight excluding hydrogens is 272 g/mol. The topological polar surface area (TPSA) is 26.5 Å². The Labute approximate surface area is 122 Å². The van der Waals surface area contributed by atoms with Gasteiger partial charge in [0.2, 0.25) is 0 Å². The summed E-state index contributed by atoms with van der Waals surface area (Å²) in [6, 6.07) is 12.0. The second-order valence-corrected chi connectivity index (χ2v) is 5.00. The maximum Gasteiger partial charge on any atom is 0.137 e. The third kappa shape index (κ3) is 2.63. The van der Waals surface area contributed by atoms with Crippen LogP contribution >= 0.6 is 11.6 Å². The summed E-state index contributed by atoms with van der Waals surface area (Å²) in [5, 5.41) is 0. The number of pyridine rings is 1. The van der Waals surface area contributed by atoms with Gasteiger partial charge in [-0.15, -0.1) is 11.6 Å². The smallest absolute Gasteiger partial charge is 0.137 e. The first kappa shape index (κ1) is 13.0. The Morgan fingerprint density at radius 1 is 1.25 bits per heavy atom. The average Bonchev–Trinajstić information content (AvgIpc) is 2.88. The third-order valence-electron chi connectivity index (χ3n) is 3.15. The van der Waals surface area contributed by atoms with Crippen molar-refractivity contribution in [3.8, 4) is 5.75 Å². The van der Waals surface area contributed by atoms with Gasteiger partial charge in [-0.05, 0) is 25.1 Å². The van der Waals surface area contributed by atoms with Gasteiger partial charge in [0.15, 0.2) is 0 Å². The molecule has 0 bridgehead atoms. The van der Waals surface area contributed by atoms with E-state index in [4.69, 9.17) is 16.3 Å². The monoisotopic (exact) mass is 286 g/mol. The second-order valence-electron chi connectivity index (χ2n) is 4.73. The van der Waals surface area contributed by atoms with E-state index in [1.54, 1.807) is 0 Å². The van der Waals surface area contributed by atoms with E-state index in [9.17, 15) is 0 Å². The average molecular weight is 287 g/mol. The van der Waals surface area contributed by atoms with Crippen LogP contribution in [0.1, 0.15) is 16.8 Å². The first-order chi connectivity index (χ1) is 9.76. The summed E-state index contributed by atoms with van der Waals surface area (Å²) in [6.45, 7) is 2.48. The van der Waals surface area contributed by atoms with E-state index in [2.05, 4.69) is 4.98 Å². The number of hydrogen-bond acceptors (Lipinski definition) is 2. The molecule has 0 saturated carbocycles. The summed E-state index contributed by atoms with van der Waals surface area (Å²) >= 11 is 5.95. The molecule has 0 aliphatic heterocycles. The molecule has 2 heterocycles. The van der Waals surface area contributed by atoms with Gasteiger partial charge in [-0.1, -0.05) is 23.8 Å². The molecule has 3 rings (SSSR count). The lowest BCUT2D eigenvalue weighted by Crippen LogP contribution is -1.98. The van der Waals surface area contributed by atoms with Gasteiger partial charge >= 0.3 is 0 Å². The van der Waals surface area contributed by atoms with Crippen molar-refractivity contribution in [2.75, 3.05) is 0 Å². The minimum atomic E-state index is 0.439. The van der Waals surface area contributed by atoms with Crippen LogP contribution in [0.2, 0.25) is 0 Å². The van der Waals surface area contributed by atoms with Crippen LogP contribution in [0.25, 0.3) is 5.65 Å². The van der Waals surface area contributed by atoms with Gasteiger partial charge in [0.25, 0.3) is 0 Å². The number of ether oxygens (including phenoxy) is 1. The van der Waals surface area contributed by atoms with Gasteiger partial charge in [-0.3, -0.25) is 0 Å². The lowest BCUT2D eigenvalue weighted by Gasteiger charge is -2.09. The molecule has 0 fully saturated rings. The zero-order valence-electron chi connectivity index (χ0n) is 11.2. The molecule has 1 aromatic carbocycles. The lowest BCUT2D eigenvalue weighted by molar-refractivity contribution is 0.299. The predicted octanol–water partition coefficient (Wildman–Crippen LogP) is 3.96. The van der Waals surface area contributed by atoms with Crippen LogP contribution in [0.15, 0.2) is 48.8 Å². The van der Waals surface area contributed by atoms with Gasteiger partial charge < -0.3 is 9.14 Å². The normalized spacial score (nSPS) is 10.9. The highest BCUT2D eigenvalue weighted by Gasteiger charge is 2.06. The molecule has 4 heteroatoms. The standard InChI is InChI=1S/C16H15ClN2O/c1-12-5-6-15(13(8-12)9-17)20-11-14-10-19-7-3-2-4-16(19)18-14/h2-8,10H,9,11H2,1H3. The van der Waals surface area contributed by atoms with E-state index in [1.807, 2.05) is 60.1 Å². The number of aryl methyl sites for hydroxylation is 1. The van der Waals surface area contributed by atoms with E-state index in [0.717, 1.165) is 22.7 Å². The number of nitrogens with zero attached hydrogens (tertiary/aromatic N) is 2. The molecule has 0 unspecified atom stereocenters. The highest BCUT2D eigenvalue weighted by molar-refractivity contribution is 6.17. The highest BCUT2D eigenvalue weighted by atomic mass is 35.5. The summed E-state index contributed by atoms with van der Waals surface area (Å²) in [4.78, 5) is 4.51. The van der Waals surface area contributed by atoms with Crippen LogP contribution in [0.3, 0.4) is 0 Å². The fourth-order valence-corrected chi connectivity index (χ4v) is 2.37. The minimum Gasteiger partial charge on any atom is -0.487 e. The van der Waals surface area contributed by atoms with Gasteiger partial charge in [0.05, 0.1) is 11.6 Å². The fraction of sp³-hybridized carbons (Fsp3) is 0.188. The maximum absolute atomic E-state index is 5.95. The Balaban J connectivity index is 1.79. The third-order valence-corrected chi connectivity index (χ3v) is 3.44. The highest BCUT2D eigenvalue weighted by Crippen LogP contribution is 2.22. The summed E-state index contributed by atoms with van der Waals surface area (Å²) in [6.07, 6.45) is 3.95. The Morgan fingerprint density at radius 2 is 2.15 bits per heavy atom. The zero-order chi connectivity index (χ0) is 13.9. The fourth-order valence-electron chi connectivity index (χ4n) is 2.16. The van der Waals surface area contributed by atoms with Crippen molar-refractivity contribution in [3.63, 3.8) is 0 Å². The quantitative estimate of drug-likeness (QED) is 0.679. The molecule has 0 saturated heterocycles. The molecule has 0 N–H and O–H groups in total. The summed E-state index contributed by atoms with van der Waals surface area (Å²) in [5.74, 6) is 1.27. The van der Waals surface area contributed by atoms with Crippen molar-refractivity contribution in [1.82, 2.24) is 9.38 Å². The number of hydrogen-bond donors (Lipinski definition) is 0.